The van der Waals surface area contributed by atoms with Crippen LogP contribution in [-0.2, 0) is 0 Å². The van der Waals surface area contributed by atoms with Crippen molar-refractivity contribution in [2.75, 3.05) is 0 Å². The molecule has 0 fully saturated rings. The second-order valence-electron chi connectivity index (χ2n) is 4.46. The second kappa shape index (κ2) is 5.60. The molecule has 22 heavy (non-hydrogen) atoms. The minimum atomic E-state index is -0.137. The summed E-state index contributed by atoms with van der Waals surface area (Å²) in [4.78, 5) is 19.9. The highest BCUT2D eigenvalue weighted by molar-refractivity contribution is 7.18. The van der Waals surface area contributed by atoms with Crippen molar-refractivity contribution in [1.29, 1.82) is 0 Å². The van der Waals surface area contributed by atoms with E-state index in [1.807, 2.05) is 40.4 Å². The fraction of sp³-hybridized carbons (Fsp3) is 0. The predicted octanol–water partition coefficient (Wildman–Crippen LogP) is 4.13. The molecule has 0 saturated carbocycles. The third-order valence-electron chi connectivity index (χ3n) is 3.12. The third kappa shape index (κ3) is 2.33. The Morgan fingerprint density at radius 1 is 1.14 bits per heavy atom. The van der Waals surface area contributed by atoms with Gasteiger partial charge in [0, 0.05) is 20.7 Å². The molecule has 108 valence electrons. The molecule has 0 spiro atoms. The number of fused-ring (bicyclic) bond motifs is 1. The first kappa shape index (κ1) is 13.6. The van der Waals surface area contributed by atoms with E-state index in [4.69, 9.17) is 0 Å². The van der Waals surface area contributed by atoms with Gasteiger partial charge in [-0.1, -0.05) is 12.1 Å². The average molecular weight is 343 g/mol. The maximum absolute atomic E-state index is 12.7. The SMILES string of the molecule is O=c1c2c(-c3cccs3)csc2ncn1/N=C/c1cccs1. The van der Waals surface area contributed by atoms with Crippen LogP contribution in [0, 0.1) is 0 Å². The minimum absolute atomic E-state index is 0.137. The van der Waals surface area contributed by atoms with Gasteiger partial charge in [0.05, 0.1) is 11.6 Å². The molecule has 4 nitrogen and oxygen atoms in total. The summed E-state index contributed by atoms with van der Waals surface area (Å²) < 4.78 is 1.30. The zero-order chi connectivity index (χ0) is 14.9. The van der Waals surface area contributed by atoms with Crippen molar-refractivity contribution in [3.8, 4) is 10.4 Å². The minimum Gasteiger partial charge on any atom is -0.267 e. The highest BCUT2D eigenvalue weighted by atomic mass is 32.1. The lowest BCUT2D eigenvalue weighted by atomic mass is 10.2. The summed E-state index contributed by atoms with van der Waals surface area (Å²) in [7, 11) is 0. The van der Waals surface area contributed by atoms with Gasteiger partial charge < -0.3 is 0 Å². The Labute approximate surface area is 137 Å². The van der Waals surface area contributed by atoms with Gasteiger partial charge in [-0.05, 0) is 22.9 Å². The molecule has 4 aromatic rings. The number of hydrogen-bond donors (Lipinski definition) is 0. The number of thiophene rings is 3. The molecular formula is C15H9N3OS3. The average Bonchev–Trinajstić information content (AvgIpc) is 3.27. The smallest absolute Gasteiger partial charge is 0.267 e. The molecular weight excluding hydrogens is 334 g/mol. The molecule has 0 amide bonds. The van der Waals surface area contributed by atoms with E-state index in [1.54, 1.807) is 28.9 Å². The first-order valence-corrected chi connectivity index (χ1v) is 9.07. The van der Waals surface area contributed by atoms with Crippen LogP contribution >= 0.6 is 34.0 Å². The molecule has 0 atom stereocenters. The summed E-state index contributed by atoms with van der Waals surface area (Å²) in [6, 6.07) is 7.89. The summed E-state index contributed by atoms with van der Waals surface area (Å²) in [5.41, 5.74) is 0.802. The van der Waals surface area contributed by atoms with Crippen molar-refractivity contribution >= 4 is 50.4 Å². The summed E-state index contributed by atoms with van der Waals surface area (Å²) in [6.07, 6.45) is 3.15. The second-order valence-corrected chi connectivity index (χ2v) is 7.25. The maximum atomic E-state index is 12.7. The molecule has 0 saturated heterocycles. The van der Waals surface area contributed by atoms with Crippen molar-refractivity contribution in [3.63, 3.8) is 0 Å². The van der Waals surface area contributed by atoms with Gasteiger partial charge >= 0.3 is 0 Å². The molecule has 7 heteroatoms. The molecule has 0 unspecified atom stereocenters. The van der Waals surface area contributed by atoms with Gasteiger partial charge in [-0.3, -0.25) is 4.79 Å². The summed E-state index contributed by atoms with van der Waals surface area (Å²) >= 11 is 4.67. The predicted molar refractivity (Wildman–Crippen MR) is 94.5 cm³/mol. The Hall–Kier alpha value is -2.09. The molecule has 4 rings (SSSR count). The van der Waals surface area contributed by atoms with E-state index in [1.165, 1.54) is 22.3 Å². The lowest BCUT2D eigenvalue weighted by Gasteiger charge is -1.99. The van der Waals surface area contributed by atoms with Gasteiger partial charge in [-0.15, -0.1) is 34.0 Å². The fourth-order valence-corrected chi connectivity index (χ4v) is 4.40. The number of hydrogen-bond acceptors (Lipinski definition) is 6. The summed E-state index contributed by atoms with van der Waals surface area (Å²) in [6.45, 7) is 0. The van der Waals surface area contributed by atoms with Crippen molar-refractivity contribution in [2.45, 2.75) is 0 Å². The van der Waals surface area contributed by atoms with Gasteiger partial charge in [0.15, 0.2) is 0 Å². The first-order chi connectivity index (χ1) is 10.8. The van der Waals surface area contributed by atoms with Crippen molar-refractivity contribution < 1.29 is 0 Å². The molecule has 0 aliphatic carbocycles. The zero-order valence-electron chi connectivity index (χ0n) is 11.2. The Kier molecular flexibility index (Phi) is 3.45. The summed E-state index contributed by atoms with van der Waals surface area (Å²) in [5.74, 6) is 0. The molecule has 0 bridgehead atoms. The lowest BCUT2D eigenvalue weighted by Crippen LogP contribution is -2.16. The van der Waals surface area contributed by atoms with Gasteiger partial charge in [0.25, 0.3) is 5.56 Å². The van der Waals surface area contributed by atoms with E-state index < -0.39 is 0 Å². The topological polar surface area (TPSA) is 47.2 Å². The van der Waals surface area contributed by atoms with Crippen LogP contribution in [0.4, 0.5) is 0 Å². The van der Waals surface area contributed by atoms with E-state index in [0.717, 1.165) is 20.1 Å². The van der Waals surface area contributed by atoms with Gasteiger partial charge in [-0.25, -0.2) is 4.98 Å². The first-order valence-electron chi connectivity index (χ1n) is 6.43. The Balaban J connectivity index is 1.86. The van der Waals surface area contributed by atoms with E-state index in [-0.39, 0.29) is 5.56 Å². The quantitative estimate of drug-likeness (QED) is 0.525. The monoisotopic (exact) mass is 343 g/mol. The van der Waals surface area contributed by atoms with Crippen LogP contribution < -0.4 is 5.56 Å². The largest absolute Gasteiger partial charge is 0.283 e. The molecule has 4 aromatic heterocycles. The van der Waals surface area contributed by atoms with Crippen LogP contribution in [0.5, 0.6) is 0 Å². The van der Waals surface area contributed by atoms with E-state index in [0.29, 0.717) is 5.39 Å². The molecule has 0 aliphatic heterocycles. The summed E-state index contributed by atoms with van der Waals surface area (Å²) in [5, 5.41) is 10.8. The lowest BCUT2D eigenvalue weighted by molar-refractivity contribution is 0.819. The number of rotatable bonds is 3. The third-order valence-corrected chi connectivity index (χ3v) is 5.71. The van der Waals surface area contributed by atoms with Crippen molar-refractivity contribution in [2.24, 2.45) is 5.10 Å². The highest BCUT2D eigenvalue weighted by Crippen LogP contribution is 2.33. The van der Waals surface area contributed by atoms with E-state index in [2.05, 4.69) is 10.1 Å². The van der Waals surface area contributed by atoms with Crippen LogP contribution in [0.15, 0.2) is 56.6 Å². The van der Waals surface area contributed by atoms with Crippen LogP contribution in [0.25, 0.3) is 20.7 Å². The van der Waals surface area contributed by atoms with Crippen LogP contribution in [0.3, 0.4) is 0 Å². The van der Waals surface area contributed by atoms with Crippen molar-refractivity contribution in [1.82, 2.24) is 9.66 Å². The Morgan fingerprint density at radius 3 is 2.77 bits per heavy atom. The maximum Gasteiger partial charge on any atom is 0.283 e. The van der Waals surface area contributed by atoms with E-state index in [9.17, 15) is 4.79 Å². The molecule has 4 heterocycles. The fourth-order valence-electron chi connectivity index (χ4n) is 2.10. The zero-order valence-corrected chi connectivity index (χ0v) is 13.6. The van der Waals surface area contributed by atoms with Gasteiger partial charge in [0.2, 0.25) is 0 Å². The molecule has 0 aromatic carbocycles. The number of nitrogens with zero attached hydrogens (tertiary/aromatic N) is 3. The molecule has 0 radical (unpaired) electrons. The standard InChI is InChI=1S/C15H9N3OS3/c19-15-13-11(12-4-2-6-21-12)8-22-14(13)16-9-18(15)17-7-10-3-1-5-20-10/h1-9H/b17-7+. The molecule has 0 aliphatic rings. The molecule has 0 N–H and O–H groups in total. The van der Waals surface area contributed by atoms with Gasteiger partial charge in [-0.2, -0.15) is 9.78 Å². The Bertz CT molecular complexity index is 995. The van der Waals surface area contributed by atoms with E-state index >= 15 is 0 Å². The Morgan fingerprint density at radius 2 is 2.00 bits per heavy atom. The normalized spacial score (nSPS) is 11.6. The van der Waals surface area contributed by atoms with Crippen molar-refractivity contribution in [3.05, 3.63) is 62.0 Å². The van der Waals surface area contributed by atoms with Crippen LogP contribution in [-0.4, -0.2) is 15.9 Å². The van der Waals surface area contributed by atoms with Gasteiger partial charge in [0.1, 0.15) is 11.2 Å². The van der Waals surface area contributed by atoms with Crippen LogP contribution in [0.2, 0.25) is 0 Å². The highest BCUT2D eigenvalue weighted by Gasteiger charge is 2.13. The van der Waals surface area contributed by atoms with Crippen LogP contribution in [0.1, 0.15) is 4.88 Å². The number of aromatic nitrogens is 2.